The molecule has 0 atom stereocenters. The van der Waals surface area contributed by atoms with Gasteiger partial charge >= 0.3 is 0 Å². The number of nitrogens with zero attached hydrogens (tertiary/aromatic N) is 3. The van der Waals surface area contributed by atoms with E-state index in [4.69, 9.17) is 23.2 Å². The smallest absolute Gasteiger partial charge is 0.241 e. The van der Waals surface area contributed by atoms with Crippen molar-refractivity contribution in [3.8, 4) is 5.69 Å². The highest BCUT2D eigenvalue weighted by molar-refractivity contribution is 7.98. The molecule has 37 heavy (non-hydrogen) atoms. The van der Waals surface area contributed by atoms with Crippen LogP contribution < -0.4 is 4.72 Å². The third kappa shape index (κ3) is 5.68. The Labute approximate surface area is 229 Å². The fourth-order valence-electron chi connectivity index (χ4n) is 4.03. The zero-order valence-electron chi connectivity index (χ0n) is 19.7. The molecule has 0 aliphatic rings. The number of aromatic nitrogens is 3. The van der Waals surface area contributed by atoms with E-state index < -0.39 is 10.0 Å². The van der Waals surface area contributed by atoms with Crippen LogP contribution in [0.4, 0.5) is 0 Å². The second-order valence-electron chi connectivity index (χ2n) is 8.41. The van der Waals surface area contributed by atoms with E-state index in [1.165, 1.54) is 17.3 Å². The van der Waals surface area contributed by atoms with Crippen molar-refractivity contribution in [3.05, 3.63) is 112 Å². The number of fused-ring (bicyclic) bond motifs is 1. The van der Waals surface area contributed by atoms with Crippen molar-refractivity contribution in [2.24, 2.45) is 0 Å². The monoisotopic (exact) mass is 568 g/mol. The molecule has 5 rings (SSSR count). The molecule has 0 fully saturated rings. The second kappa shape index (κ2) is 10.8. The van der Waals surface area contributed by atoms with Crippen molar-refractivity contribution in [2.75, 3.05) is 0 Å². The van der Waals surface area contributed by atoms with Gasteiger partial charge in [-0.2, -0.15) is 0 Å². The number of thioether (sulfide) groups is 1. The summed E-state index contributed by atoms with van der Waals surface area (Å²) in [6, 6.07) is 25.9. The minimum absolute atomic E-state index is 0.0808. The van der Waals surface area contributed by atoms with Crippen molar-refractivity contribution in [2.45, 2.75) is 29.3 Å². The molecule has 5 aromatic rings. The van der Waals surface area contributed by atoms with Gasteiger partial charge in [-0.25, -0.2) is 13.1 Å². The summed E-state index contributed by atoms with van der Waals surface area (Å²) >= 11 is 14.2. The first kappa shape index (κ1) is 25.8. The van der Waals surface area contributed by atoms with Crippen LogP contribution in [0.2, 0.25) is 10.0 Å². The van der Waals surface area contributed by atoms with Gasteiger partial charge in [0, 0.05) is 16.2 Å². The zero-order chi connectivity index (χ0) is 26.0. The minimum Gasteiger partial charge on any atom is -0.271 e. The molecule has 0 radical (unpaired) electrons. The molecule has 0 saturated heterocycles. The Hall–Kier alpha value is -2.88. The Morgan fingerprint density at radius 1 is 0.919 bits per heavy atom. The highest BCUT2D eigenvalue weighted by Crippen LogP contribution is 2.31. The van der Waals surface area contributed by atoms with E-state index in [2.05, 4.69) is 27.1 Å². The summed E-state index contributed by atoms with van der Waals surface area (Å²) in [4.78, 5) is 0.204. The second-order valence-corrected chi connectivity index (χ2v) is 11.9. The number of sulfonamides is 1. The maximum absolute atomic E-state index is 13.3. The minimum atomic E-state index is -3.84. The van der Waals surface area contributed by atoms with Gasteiger partial charge in [0.1, 0.15) is 0 Å². The fraction of sp³-hybridized carbons (Fsp3) is 0.111. The van der Waals surface area contributed by atoms with E-state index in [-0.39, 0.29) is 11.4 Å². The van der Waals surface area contributed by atoms with Gasteiger partial charge in [0.05, 0.1) is 22.2 Å². The molecule has 0 bridgehead atoms. The van der Waals surface area contributed by atoms with Gasteiger partial charge < -0.3 is 0 Å². The van der Waals surface area contributed by atoms with Crippen molar-refractivity contribution in [1.29, 1.82) is 0 Å². The van der Waals surface area contributed by atoms with Crippen molar-refractivity contribution < 1.29 is 8.42 Å². The Morgan fingerprint density at radius 2 is 1.70 bits per heavy atom. The standard InChI is InChI=1S/C27H22Cl2N4O2S2/c1-18-6-4-7-19(14-18)17-36-27-32-31-26(33(27)24-13-12-21(28)15-23(24)29)16-30-37(34,35)25-11-5-9-20-8-2-3-10-22(20)25/h2-15,30H,16-17H2,1H3. The van der Waals surface area contributed by atoms with Gasteiger partial charge in [0.15, 0.2) is 11.0 Å². The largest absolute Gasteiger partial charge is 0.271 e. The first-order valence-corrected chi connectivity index (χ1v) is 14.6. The summed E-state index contributed by atoms with van der Waals surface area (Å²) in [6.07, 6.45) is 0. The van der Waals surface area contributed by atoms with E-state index in [9.17, 15) is 8.42 Å². The van der Waals surface area contributed by atoms with Crippen molar-refractivity contribution >= 4 is 55.8 Å². The number of hydrogen-bond donors (Lipinski definition) is 1. The molecule has 1 N–H and O–H groups in total. The van der Waals surface area contributed by atoms with Crippen molar-refractivity contribution in [1.82, 2.24) is 19.5 Å². The predicted octanol–water partition coefficient (Wildman–Crippen LogP) is 6.81. The SMILES string of the molecule is Cc1cccc(CSc2nnc(CNS(=O)(=O)c3cccc4ccccc34)n2-c2ccc(Cl)cc2Cl)c1. The molecule has 1 aromatic heterocycles. The number of rotatable bonds is 8. The average Bonchev–Trinajstić information content (AvgIpc) is 3.28. The summed E-state index contributed by atoms with van der Waals surface area (Å²) in [5.41, 5.74) is 2.92. The van der Waals surface area contributed by atoms with Gasteiger partial charge in [-0.1, -0.05) is 101 Å². The molecule has 0 amide bonds. The molecule has 0 aliphatic carbocycles. The molecular weight excluding hydrogens is 547 g/mol. The number of aryl methyl sites for hydroxylation is 1. The number of halogens is 2. The van der Waals surface area contributed by atoms with Gasteiger partial charge in [-0.15, -0.1) is 10.2 Å². The highest BCUT2D eigenvalue weighted by atomic mass is 35.5. The van der Waals surface area contributed by atoms with E-state index in [1.54, 1.807) is 41.0 Å². The van der Waals surface area contributed by atoms with Crippen LogP contribution in [0.3, 0.4) is 0 Å². The van der Waals surface area contributed by atoms with Crippen LogP contribution in [0.15, 0.2) is 95.0 Å². The van der Waals surface area contributed by atoms with E-state index in [1.807, 2.05) is 43.3 Å². The van der Waals surface area contributed by atoms with Crippen LogP contribution in [-0.4, -0.2) is 23.2 Å². The Kier molecular flexibility index (Phi) is 7.55. The zero-order valence-corrected chi connectivity index (χ0v) is 22.9. The predicted molar refractivity (Wildman–Crippen MR) is 150 cm³/mol. The Morgan fingerprint density at radius 3 is 2.51 bits per heavy atom. The van der Waals surface area contributed by atoms with E-state index >= 15 is 0 Å². The molecular formula is C27H22Cl2N4O2S2. The van der Waals surface area contributed by atoms with Gasteiger partial charge in [-0.3, -0.25) is 4.57 Å². The molecule has 0 spiro atoms. The number of nitrogens with one attached hydrogen (secondary N) is 1. The third-order valence-electron chi connectivity index (χ3n) is 5.76. The highest BCUT2D eigenvalue weighted by Gasteiger charge is 2.21. The van der Waals surface area contributed by atoms with Gasteiger partial charge in [0.2, 0.25) is 10.0 Å². The van der Waals surface area contributed by atoms with Gasteiger partial charge in [-0.05, 0) is 42.1 Å². The summed E-state index contributed by atoms with van der Waals surface area (Å²) in [6.45, 7) is 1.97. The average molecular weight is 570 g/mol. The molecule has 1 heterocycles. The van der Waals surface area contributed by atoms with Crippen LogP contribution in [-0.2, 0) is 22.3 Å². The van der Waals surface area contributed by atoms with Crippen LogP contribution in [0.25, 0.3) is 16.5 Å². The summed E-state index contributed by atoms with van der Waals surface area (Å²) in [5.74, 6) is 1.06. The quantitative estimate of drug-likeness (QED) is 0.208. The van der Waals surface area contributed by atoms with Crippen LogP contribution in [0, 0.1) is 6.92 Å². The Bertz CT molecular complexity index is 1700. The lowest BCUT2D eigenvalue weighted by Gasteiger charge is -2.13. The molecule has 188 valence electrons. The van der Waals surface area contributed by atoms with Crippen molar-refractivity contribution in [3.63, 3.8) is 0 Å². The van der Waals surface area contributed by atoms with Gasteiger partial charge in [0.25, 0.3) is 0 Å². The molecule has 10 heteroatoms. The maximum atomic E-state index is 13.3. The molecule has 6 nitrogen and oxygen atoms in total. The molecule has 4 aromatic carbocycles. The van der Waals surface area contributed by atoms with Crippen LogP contribution >= 0.6 is 35.0 Å². The lowest BCUT2D eigenvalue weighted by atomic mass is 10.1. The normalized spacial score (nSPS) is 11.8. The maximum Gasteiger partial charge on any atom is 0.241 e. The third-order valence-corrected chi connectivity index (χ3v) is 8.76. The van der Waals surface area contributed by atoms with Crippen LogP contribution in [0.1, 0.15) is 17.0 Å². The summed E-state index contributed by atoms with van der Waals surface area (Å²) in [5, 5.41) is 11.7. The summed E-state index contributed by atoms with van der Waals surface area (Å²) < 4.78 is 31.1. The lowest BCUT2D eigenvalue weighted by molar-refractivity contribution is 0.579. The van der Waals surface area contributed by atoms with E-state index in [0.717, 1.165) is 10.9 Å². The number of hydrogen-bond acceptors (Lipinski definition) is 5. The van der Waals surface area contributed by atoms with Crippen LogP contribution in [0.5, 0.6) is 0 Å². The Balaban J connectivity index is 1.47. The molecule has 0 unspecified atom stereocenters. The topological polar surface area (TPSA) is 76.9 Å². The first-order valence-electron chi connectivity index (χ1n) is 11.4. The lowest BCUT2D eigenvalue weighted by Crippen LogP contribution is -2.25. The summed E-state index contributed by atoms with van der Waals surface area (Å²) in [7, 11) is -3.84. The number of benzene rings is 4. The fourth-order valence-corrected chi connectivity index (χ4v) is 6.64. The molecule has 0 aliphatic heterocycles. The van der Waals surface area contributed by atoms with E-state index in [0.29, 0.717) is 37.9 Å². The molecule has 0 saturated carbocycles. The first-order chi connectivity index (χ1) is 17.8.